The van der Waals surface area contributed by atoms with Gasteiger partial charge in [-0.3, -0.25) is 0 Å². The van der Waals surface area contributed by atoms with Gasteiger partial charge < -0.3 is 9.90 Å². The number of aromatic carboxylic acids is 1. The highest BCUT2D eigenvalue weighted by Gasteiger charge is 2.07. The van der Waals surface area contributed by atoms with Crippen LogP contribution in [-0.4, -0.2) is 5.97 Å². The molecule has 17 heavy (non-hydrogen) atoms. The molecular formula is C13H7ClFO2-. The van der Waals surface area contributed by atoms with E-state index in [4.69, 9.17) is 11.6 Å². The highest BCUT2D eigenvalue weighted by molar-refractivity contribution is 6.33. The zero-order valence-electron chi connectivity index (χ0n) is 8.61. The number of rotatable bonds is 2. The normalized spacial score (nSPS) is 10.2. The van der Waals surface area contributed by atoms with Crippen LogP contribution in [0.5, 0.6) is 0 Å². The van der Waals surface area contributed by atoms with Gasteiger partial charge >= 0.3 is 0 Å². The second kappa shape index (κ2) is 4.55. The molecule has 0 radical (unpaired) electrons. The number of carbonyl (C=O) groups is 1. The first-order valence-electron chi connectivity index (χ1n) is 4.85. The summed E-state index contributed by atoms with van der Waals surface area (Å²) in [6.45, 7) is 0. The molecule has 0 unspecified atom stereocenters. The Morgan fingerprint density at radius 2 is 1.88 bits per heavy atom. The van der Waals surface area contributed by atoms with E-state index in [9.17, 15) is 14.3 Å². The Labute approximate surface area is 102 Å². The van der Waals surface area contributed by atoms with Crippen LogP contribution in [0.25, 0.3) is 11.1 Å². The summed E-state index contributed by atoms with van der Waals surface area (Å²) in [5, 5.41) is 10.7. The maximum Gasteiger partial charge on any atom is 0.131 e. The third kappa shape index (κ3) is 2.29. The molecular weight excluding hydrogens is 243 g/mol. The van der Waals surface area contributed by atoms with E-state index >= 15 is 0 Å². The lowest BCUT2D eigenvalue weighted by Crippen LogP contribution is -2.22. The van der Waals surface area contributed by atoms with E-state index in [1.54, 1.807) is 18.2 Å². The number of benzene rings is 2. The van der Waals surface area contributed by atoms with Crippen LogP contribution in [0.1, 0.15) is 10.4 Å². The lowest BCUT2D eigenvalue weighted by atomic mass is 10.0. The van der Waals surface area contributed by atoms with Gasteiger partial charge in [-0.05, 0) is 17.7 Å². The summed E-state index contributed by atoms with van der Waals surface area (Å²) in [4.78, 5) is 10.7. The molecule has 86 valence electrons. The zero-order valence-corrected chi connectivity index (χ0v) is 9.37. The number of hydrogen-bond acceptors (Lipinski definition) is 2. The first-order valence-corrected chi connectivity index (χ1v) is 5.23. The summed E-state index contributed by atoms with van der Waals surface area (Å²) >= 11 is 5.78. The van der Waals surface area contributed by atoms with Crippen LogP contribution in [0, 0.1) is 5.82 Å². The fourth-order valence-corrected chi connectivity index (χ4v) is 1.80. The van der Waals surface area contributed by atoms with Crippen LogP contribution >= 0.6 is 11.6 Å². The average molecular weight is 250 g/mol. The van der Waals surface area contributed by atoms with Crippen molar-refractivity contribution in [1.29, 1.82) is 0 Å². The Morgan fingerprint density at radius 1 is 1.18 bits per heavy atom. The minimum absolute atomic E-state index is 0.0331. The highest BCUT2D eigenvalue weighted by atomic mass is 35.5. The maximum atomic E-state index is 13.5. The molecule has 0 aromatic heterocycles. The number of carboxylic acid groups (broad SMARTS) is 1. The van der Waals surface area contributed by atoms with Crippen LogP contribution in [0.4, 0.5) is 4.39 Å². The van der Waals surface area contributed by atoms with Crippen molar-refractivity contribution in [3.8, 4) is 11.1 Å². The van der Waals surface area contributed by atoms with E-state index in [0.29, 0.717) is 11.1 Å². The smallest absolute Gasteiger partial charge is 0.131 e. The molecule has 0 heterocycles. The van der Waals surface area contributed by atoms with E-state index in [2.05, 4.69) is 0 Å². The van der Waals surface area contributed by atoms with Crippen LogP contribution in [-0.2, 0) is 0 Å². The topological polar surface area (TPSA) is 40.1 Å². The maximum absolute atomic E-state index is 13.5. The number of carboxylic acids is 1. The first kappa shape index (κ1) is 11.6. The van der Waals surface area contributed by atoms with Crippen molar-refractivity contribution in [1.82, 2.24) is 0 Å². The van der Waals surface area contributed by atoms with Gasteiger partial charge in [0, 0.05) is 11.1 Å². The minimum atomic E-state index is -1.35. The van der Waals surface area contributed by atoms with Gasteiger partial charge in [0.1, 0.15) is 5.82 Å². The zero-order chi connectivity index (χ0) is 12.4. The van der Waals surface area contributed by atoms with E-state index in [-0.39, 0.29) is 16.4 Å². The first-order chi connectivity index (χ1) is 8.09. The minimum Gasteiger partial charge on any atom is -0.545 e. The molecule has 0 fully saturated rings. The van der Waals surface area contributed by atoms with Crippen LogP contribution < -0.4 is 5.11 Å². The summed E-state index contributed by atoms with van der Waals surface area (Å²) in [6.07, 6.45) is 0. The fourth-order valence-electron chi connectivity index (χ4n) is 1.54. The summed E-state index contributed by atoms with van der Waals surface area (Å²) < 4.78 is 13.5. The van der Waals surface area contributed by atoms with Gasteiger partial charge in [-0.15, -0.1) is 0 Å². The molecule has 0 saturated carbocycles. The van der Waals surface area contributed by atoms with E-state index in [0.717, 1.165) is 0 Å². The van der Waals surface area contributed by atoms with Crippen molar-refractivity contribution in [3.05, 3.63) is 58.9 Å². The van der Waals surface area contributed by atoms with Crippen LogP contribution in [0.3, 0.4) is 0 Å². The number of carbonyl (C=O) groups excluding carboxylic acids is 1. The van der Waals surface area contributed by atoms with E-state index in [1.807, 2.05) is 0 Å². The predicted octanol–water partition coefficient (Wildman–Crippen LogP) is 2.51. The monoisotopic (exact) mass is 249 g/mol. The lowest BCUT2D eigenvalue weighted by Gasteiger charge is -2.08. The molecule has 4 heteroatoms. The van der Waals surface area contributed by atoms with Crippen LogP contribution in [0.15, 0.2) is 42.5 Å². The molecule has 0 aliphatic heterocycles. The van der Waals surface area contributed by atoms with Crippen molar-refractivity contribution >= 4 is 17.6 Å². The molecule has 0 amide bonds. The molecule has 0 saturated heterocycles. The second-order valence-corrected chi connectivity index (χ2v) is 3.87. The Bertz CT molecular complexity index is 581. The molecule has 0 spiro atoms. The predicted molar refractivity (Wildman–Crippen MR) is 61.2 cm³/mol. The van der Waals surface area contributed by atoms with E-state index in [1.165, 1.54) is 24.3 Å². The van der Waals surface area contributed by atoms with Crippen LogP contribution in [0.2, 0.25) is 5.02 Å². The molecule has 0 bridgehead atoms. The Kier molecular flexibility index (Phi) is 3.11. The molecule has 2 aromatic carbocycles. The molecule has 2 rings (SSSR count). The van der Waals surface area contributed by atoms with Gasteiger partial charge in [-0.25, -0.2) is 4.39 Å². The molecule has 0 aliphatic rings. The second-order valence-electron chi connectivity index (χ2n) is 3.46. The van der Waals surface area contributed by atoms with Gasteiger partial charge in [0.2, 0.25) is 0 Å². The quantitative estimate of drug-likeness (QED) is 0.820. The van der Waals surface area contributed by atoms with Crippen molar-refractivity contribution in [2.24, 2.45) is 0 Å². The SMILES string of the molecule is O=C([O-])c1ccc(-c2ccccc2F)cc1Cl. The van der Waals surface area contributed by atoms with Gasteiger partial charge in [0.05, 0.1) is 11.0 Å². The van der Waals surface area contributed by atoms with Crippen molar-refractivity contribution in [2.75, 3.05) is 0 Å². The summed E-state index contributed by atoms with van der Waals surface area (Å²) in [5.74, 6) is -1.74. The third-order valence-corrected chi connectivity index (χ3v) is 2.69. The molecule has 0 N–H and O–H groups in total. The summed E-state index contributed by atoms with van der Waals surface area (Å²) in [6, 6.07) is 10.4. The molecule has 0 aliphatic carbocycles. The fraction of sp³-hybridized carbons (Fsp3) is 0. The molecule has 2 aromatic rings. The van der Waals surface area contributed by atoms with Gasteiger partial charge in [0.25, 0.3) is 0 Å². The lowest BCUT2D eigenvalue weighted by molar-refractivity contribution is -0.255. The third-order valence-electron chi connectivity index (χ3n) is 2.37. The van der Waals surface area contributed by atoms with Gasteiger partial charge in [-0.1, -0.05) is 41.9 Å². The van der Waals surface area contributed by atoms with Gasteiger partial charge in [0.15, 0.2) is 0 Å². The van der Waals surface area contributed by atoms with Crippen molar-refractivity contribution in [2.45, 2.75) is 0 Å². The molecule has 2 nitrogen and oxygen atoms in total. The summed E-state index contributed by atoms with van der Waals surface area (Å²) in [5.41, 5.74) is 0.796. The Balaban J connectivity index is 2.52. The highest BCUT2D eigenvalue weighted by Crippen LogP contribution is 2.27. The van der Waals surface area contributed by atoms with Crippen molar-refractivity contribution < 1.29 is 14.3 Å². The van der Waals surface area contributed by atoms with E-state index < -0.39 is 5.97 Å². The molecule has 0 atom stereocenters. The largest absolute Gasteiger partial charge is 0.545 e. The Hall–Kier alpha value is -1.87. The Morgan fingerprint density at radius 3 is 2.47 bits per heavy atom. The number of halogens is 2. The average Bonchev–Trinajstić information content (AvgIpc) is 2.29. The standard InChI is InChI=1S/C13H8ClFO2/c14-11-7-8(5-6-10(11)13(16)17)9-3-1-2-4-12(9)15/h1-7H,(H,16,17)/p-1. The summed E-state index contributed by atoms with van der Waals surface area (Å²) in [7, 11) is 0. The van der Waals surface area contributed by atoms with Crippen molar-refractivity contribution in [3.63, 3.8) is 0 Å². The van der Waals surface area contributed by atoms with Gasteiger partial charge in [-0.2, -0.15) is 0 Å². The number of hydrogen-bond donors (Lipinski definition) is 0.